The normalized spacial score (nSPS) is 1.20. The summed E-state index contributed by atoms with van der Waals surface area (Å²) < 4.78 is 0. The Balaban J connectivity index is -0.00000000167. The monoisotopic (exact) mass is 284 g/mol. The zero-order valence-corrected chi connectivity index (χ0v) is 15.1. The van der Waals surface area contributed by atoms with Crippen LogP contribution in [0, 0.1) is 0 Å². The van der Waals surface area contributed by atoms with Crippen LogP contribution < -0.4 is 0 Å². The fraction of sp³-hybridized carbons (Fsp3) is 0. The van der Waals surface area contributed by atoms with E-state index in [2.05, 4.69) is 8.65 Å². The van der Waals surface area contributed by atoms with Gasteiger partial charge in [0.2, 0.25) is 0 Å². The van der Waals surface area contributed by atoms with Crippen molar-refractivity contribution >= 4 is 59.9 Å². The molecule has 0 atom stereocenters. The number of hydrogen-bond donors (Lipinski definition) is 0. The quantitative estimate of drug-likeness (QED) is 0.341. The Kier molecular flexibility index (Phi) is 125. The summed E-state index contributed by atoms with van der Waals surface area (Å²) >= 11 is 0.733. The molecule has 0 heterocycles. The van der Waals surface area contributed by atoms with Gasteiger partial charge in [0.25, 0.3) is 0 Å². The van der Waals surface area contributed by atoms with E-state index in [0.717, 1.165) is 23.7 Å². The maximum absolute atomic E-state index is 4.25. The molecule has 5 heavy (non-hydrogen) atoms. The molecule has 0 N–H and O–H groups in total. The molecule has 0 saturated carbocycles. The molecule has 20 valence electrons. The molecular formula is H2CaCdS2Zn. The summed E-state index contributed by atoms with van der Waals surface area (Å²) in [5, 5.41) is 0. The minimum absolute atomic E-state index is 0. The third-order valence-corrected chi connectivity index (χ3v) is 0. The molecule has 0 radical (unpaired) electrons. The van der Waals surface area contributed by atoms with E-state index < -0.39 is 0 Å². The van der Waals surface area contributed by atoms with Crippen LogP contribution in [-0.2, 0) is 56.7 Å². The average molecular weight is 284 g/mol. The molecular weight excluding hydrogens is 282 g/mol. The van der Waals surface area contributed by atoms with Crippen molar-refractivity contribution in [2.24, 2.45) is 0 Å². The molecule has 0 fully saturated rings. The zero-order chi connectivity index (χ0) is 2.00. The van der Waals surface area contributed by atoms with Crippen molar-refractivity contribution in [2.45, 2.75) is 0 Å². The van der Waals surface area contributed by atoms with Crippen LogP contribution in [0.1, 0.15) is 0 Å². The minimum atomic E-state index is 0. The van der Waals surface area contributed by atoms with Gasteiger partial charge in [-0.2, -0.15) is 0 Å². The van der Waals surface area contributed by atoms with Crippen molar-refractivity contribution in [2.75, 3.05) is 0 Å². The summed E-state index contributed by atoms with van der Waals surface area (Å²) in [6.07, 6.45) is 0. The van der Waals surface area contributed by atoms with E-state index in [0.29, 0.717) is 0 Å². The van der Waals surface area contributed by atoms with Gasteiger partial charge >= 0.3 is 70.1 Å². The fourth-order valence-corrected chi connectivity index (χ4v) is 0. The van der Waals surface area contributed by atoms with Gasteiger partial charge in [0.1, 0.15) is 0 Å². The van der Waals surface area contributed by atoms with E-state index >= 15 is 0 Å². The Bertz CT molecular complexity index is 9.61. The Morgan fingerprint density at radius 3 is 1.20 bits per heavy atom. The van der Waals surface area contributed by atoms with Crippen molar-refractivity contribution < 1.29 is 43.2 Å². The van der Waals surface area contributed by atoms with Crippen LogP contribution in [0.25, 0.3) is 0 Å². The van der Waals surface area contributed by atoms with Crippen molar-refractivity contribution in [1.82, 2.24) is 0 Å². The second-order valence-electron chi connectivity index (χ2n) is 0. The molecule has 0 unspecified atom stereocenters. The minimum Gasteiger partial charge on any atom is 0 e. The van der Waals surface area contributed by atoms with Crippen molar-refractivity contribution in [3.8, 4) is 0 Å². The average Bonchev–Trinajstić information content (AvgIpc) is 1.00. The van der Waals surface area contributed by atoms with E-state index in [4.69, 9.17) is 0 Å². The summed E-state index contributed by atoms with van der Waals surface area (Å²) in [6.45, 7) is 0. The topological polar surface area (TPSA) is 0 Å². The smallest absolute Gasteiger partial charge is 0 e. The van der Waals surface area contributed by atoms with Crippen LogP contribution in [0.2, 0.25) is 0 Å². The summed E-state index contributed by atoms with van der Waals surface area (Å²) in [5.74, 6) is 0. The molecule has 0 spiro atoms. The maximum atomic E-state index is 4.25. The summed E-state index contributed by atoms with van der Waals surface area (Å²) in [7, 11) is 4.25. The molecule has 0 aromatic heterocycles. The fourth-order valence-electron chi connectivity index (χ4n) is 0. The first-order valence-electron chi connectivity index (χ1n) is 0.289. The first-order chi connectivity index (χ1) is 1.00. The third kappa shape index (κ3) is 18.7. The van der Waals surface area contributed by atoms with Gasteiger partial charge < -0.3 is 13.5 Å². The van der Waals surface area contributed by atoms with E-state index in [1.54, 1.807) is 0 Å². The molecule has 0 saturated heterocycles. The summed E-state index contributed by atoms with van der Waals surface area (Å²) in [4.78, 5) is 0. The van der Waals surface area contributed by atoms with E-state index in [-0.39, 0.29) is 70.7 Å². The van der Waals surface area contributed by atoms with Crippen LogP contribution in [0.4, 0.5) is 0 Å². The molecule has 0 aromatic rings. The summed E-state index contributed by atoms with van der Waals surface area (Å²) in [5.41, 5.74) is 0. The van der Waals surface area contributed by atoms with Gasteiger partial charge in [0.15, 0.2) is 0 Å². The first-order valence-corrected chi connectivity index (χ1v) is 5.81. The Morgan fingerprint density at radius 2 is 1.20 bits per heavy atom. The molecule has 0 aromatic carbocycles. The van der Waals surface area contributed by atoms with Crippen LogP contribution in [0.15, 0.2) is 0 Å². The molecule has 0 aliphatic heterocycles. The summed E-state index contributed by atoms with van der Waals surface area (Å²) in [6, 6.07) is 0. The third-order valence-electron chi connectivity index (χ3n) is 0. The number of thiol groups is 1. The van der Waals surface area contributed by atoms with E-state index in [1.165, 1.54) is 0 Å². The number of hydrogen-bond acceptors (Lipinski definition) is 2. The van der Waals surface area contributed by atoms with Gasteiger partial charge in [-0.05, 0) is 0 Å². The van der Waals surface area contributed by atoms with Gasteiger partial charge in [-0.25, -0.2) is 0 Å². The van der Waals surface area contributed by atoms with Crippen LogP contribution in [-0.4, -0.2) is 37.7 Å². The standard InChI is InChI=1S/Ca.Cd.H2S.S.Zn.H/h;;1H2;;;/q+1;;;;;/p-1. The molecule has 0 aliphatic carbocycles. The zero-order valence-electron chi connectivity index (χ0n) is 3.27. The van der Waals surface area contributed by atoms with Crippen LogP contribution in [0.5, 0.6) is 0 Å². The Morgan fingerprint density at radius 1 is 1.20 bits per heavy atom. The van der Waals surface area contributed by atoms with Crippen LogP contribution >= 0.6 is 8.65 Å². The number of rotatable bonds is 0. The molecule has 0 nitrogen and oxygen atoms in total. The predicted octanol–water partition coefficient (Wildman–Crippen LogP) is -0.275. The SMILES string of the molecule is [CaH+].[SH-].[S]=[Cd].[Zn]. The molecule has 5 heteroatoms. The molecule has 0 aliphatic rings. The maximum Gasteiger partial charge on any atom is 0 e. The molecule has 0 amide bonds. The second kappa shape index (κ2) is 26.3. The van der Waals surface area contributed by atoms with Gasteiger partial charge in [0.05, 0.1) is 0 Å². The molecule has 0 rings (SSSR count). The van der Waals surface area contributed by atoms with Gasteiger partial charge in [-0.15, -0.1) is 0 Å². The largest absolute Gasteiger partial charge is 0 e. The second-order valence-corrected chi connectivity index (χ2v) is 0. The van der Waals surface area contributed by atoms with Crippen molar-refractivity contribution in [3.63, 3.8) is 0 Å². The Hall–Kier alpha value is 3.38. The van der Waals surface area contributed by atoms with Gasteiger partial charge in [-0.1, -0.05) is 0 Å². The van der Waals surface area contributed by atoms with Gasteiger partial charge in [0, 0.05) is 19.5 Å². The van der Waals surface area contributed by atoms with Crippen LogP contribution in [0.3, 0.4) is 0 Å². The van der Waals surface area contributed by atoms with E-state index in [1.807, 2.05) is 0 Å². The molecule has 0 bridgehead atoms. The van der Waals surface area contributed by atoms with Crippen molar-refractivity contribution in [1.29, 1.82) is 0 Å². The van der Waals surface area contributed by atoms with Crippen molar-refractivity contribution in [3.05, 3.63) is 0 Å². The first kappa shape index (κ1) is 23.8. The predicted molar refractivity (Wildman–Crippen MR) is 23.5 cm³/mol. The Labute approximate surface area is 101 Å². The van der Waals surface area contributed by atoms with Gasteiger partial charge in [-0.3, -0.25) is 0 Å². The van der Waals surface area contributed by atoms with E-state index in [9.17, 15) is 0 Å².